The first-order valence-electron chi connectivity index (χ1n) is 10.3. The maximum Gasteiger partial charge on any atom is 0.326 e. The molecule has 0 spiro atoms. The quantitative estimate of drug-likeness (QED) is 0.252. The number of rotatable bonds is 8. The second kappa shape index (κ2) is 10.3. The summed E-state index contributed by atoms with van der Waals surface area (Å²) in [5, 5.41) is 11.1. The Morgan fingerprint density at radius 3 is 2.88 bits per heavy atom. The van der Waals surface area contributed by atoms with Gasteiger partial charge in [-0.25, -0.2) is 9.18 Å². The van der Waals surface area contributed by atoms with Crippen LogP contribution in [0.5, 0.6) is 0 Å². The summed E-state index contributed by atoms with van der Waals surface area (Å²) in [7, 11) is 0. The van der Waals surface area contributed by atoms with Crippen LogP contribution < -0.4 is 27.2 Å². The number of aromatic amines is 1. The average molecular weight is 468 g/mol. The van der Waals surface area contributed by atoms with Crippen molar-refractivity contribution in [2.45, 2.75) is 13.0 Å². The van der Waals surface area contributed by atoms with Crippen molar-refractivity contribution in [3.63, 3.8) is 0 Å². The molecule has 0 atom stereocenters. The highest BCUT2D eigenvalue weighted by atomic mass is 32.1. The number of nitrogens with two attached hydrogens (primary N) is 1. The highest BCUT2D eigenvalue weighted by Gasteiger charge is 2.12. The van der Waals surface area contributed by atoms with E-state index in [2.05, 4.69) is 30.3 Å². The molecule has 0 aliphatic carbocycles. The molecule has 2 heterocycles. The van der Waals surface area contributed by atoms with Gasteiger partial charge in [0.2, 0.25) is 5.95 Å². The zero-order valence-corrected chi connectivity index (χ0v) is 18.3. The first kappa shape index (κ1) is 22.5. The summed E-state index contributed by atoms with van der Waals surface area (Å²) in [5.41, 5.74) is 7.13. The SMILES string of the molecule is NCCCNCc1ccc(-c2c[nH]c(NC(=O)Nc3cccc4csnc34)nc2=O)cc1F. The number of amides is 2. The highest BCUT2D eigenvalue weighted by Crippen LogP contribution is 2.23. The van der Waals surface area contributed by atoms with E-state index < -0.39 is 17.4 Å². The van der Waals surface area contributed by atoms with Crippen molar-refractivity contribution in [2.24, 2.45) is 5.73 Å². The van der Waals surface area contributed by atoms with Gasteiger partial charge in [-0.05, 0) is 48.7 Å². The van der Waals surface area contributed by atoms with Crippen LogP contribution in [0.4, 0.5) is 20.8 Å². The molecule has 2 amide bonds. The molecule has 0 bridgehead atoms. The maximum atomic E-state index is 14.5. The summed E-state index contributed by atoms with van der Waals surface area (Å²) in [6.07, 6.45) is 2.19. The van der Waals surface area contributed by atoms with Crippen LogP contribution in [0.1, 0.15) is 12.0 Å². The van der Waals surface area contributed by atoms with Gasteiger partial charge >= 0.3 is 6.03 Å². The van der Waals surface area contributed by atoms with E-state index in [4.69, 9.17) is 5.73 Å². The van der Waals surface area contributed by atoms with Crippen LogP contribution in [-0.4, -0.2) is 33.5 Å². The number of halogens is 1. The predicted molar refractivity (Wildman–Crippen MR) is 128 cm³/mol. The third kappa shape index (κ3) is 5.40. The molecule has 170 valence electrons. The number of carbonyl (C=O) groups excluding carboxylic acids is 1. The molecule has 0 unspecified atom stereocenters. The van der Waals surface area contributed by atoms with Crippen molar-refractivity contribution in [1.82, 2.24) is 19.7 Å². The Hall–Kier alpha value is -3.67. The van der Waals surface area contributed by atoms with Gasteiger partial charge in [-0.3, -0.25) is 10.1 Å². The van der Waals surface area contributed by atoms with Gasteiger partial charge in [0.25, 0.3) is 5.56 Å². The number of aromatic nitrogens is 3. The zero-order valence-electron chi connectivity index (χ0n) is 17.5. The van der Waals surface area contributed by atoms with Crippen molar-refractivity contribution in [2.75, 3.05) is 23.7 Å². The second-order valence-electron chi connectivity index (χ2n) is 7.23. The molecule has 0 fully saturated rings. The molecule has 2 aromatic heterocycles. The minimum atomic E-state index is -0.598. The summed E-state index contributed by atoms with van der Waals surface area (Å²) in [4.78, 5) is 31.5. The van der Waals surface area contributed by atoms with E-state index in [1.807, 2.05) is 17.5 Å². The van der Waals surface area contributed by atoms with Crippen molar-refractivity contribution >= 4 is 40.1 Å². The highest BCUT2D eigenvalue weighted by molar-refractivity contribution is 7.04. The van der Waals surface area contributed by atoms with Crippen molar-refractivity contribution in [3.8, 4) is 11.1 Å². The monoisotopic (exact) mass is 467 g/mol. The number of fused-ring (bicyclic) bond motifs is 1. The van der Waals surface area contributed by atoms with Crippen LogP contribution in [0, 0.1) is 5.82 Å². The second-order valence-corrected chi connectivity index (χ2v) is 7.86. The smallest absolute Gasteiger partial charge is 0.326 e. The topological polar surface area (TPSA) is 138 Å². The number of carbonyl (C=O) groups is 1. The Balaban J connectivity index is 1.43. The van der Waals surface area contributed by atoms with E-state index in [9.17, 15) is 14.0 Å². The molecule has 6 N–H and O–H groups in total. The van der Waals surface area contributed by atoms with E-state index in [1.54, 1.807) is 18.2 Å². The van der Waals surface area contributed by atoms with E-state index in [0.29, 0.717) is 42.0 Å². The summed E-state index contributed by atoms with van der Waals surface area (Å²) in [5.74, 6) is -0.460. The van der Waals surface area contributed by atoms with Crippen molar-refractivity contribution < 1.29 is 9.18 Å². The molecule has 33 heavy (non-hydrogen) atoms. The lowest BCUT2D eigenvalue weighted by atomic mass is 10.1. The third-order valence-corrected chi connectivity index (χ3v) is 5.55. The number of hydrogen-bond acceptors (Lipinski definition) is 7. The molecular weight excluding hydrogens is 445 g/mol. The van der Waals surface area contributed by atoms with Gasteiger partial charge in [-0.2, -0.15) is 9.36 Å². The summed E-state index contributed by atoms with van der Waals surface area (Å²) >= 11 is 1.29. The van der Waals surface area contributed by atoms with E-state index in [0.717, 1.165) is 11.8 Å². The van der Waals surface area contributed by atoms with Crippen LogP contribution in [0.25, 0.3) is 22.0 Å². The van der Waals surface area contributed by atoms with E-state index in [1.165, 1.54) is 23.8 Å². The Labute approximate surface area is 192 Å². The number of benzene rings is 2. The Bertz CT molecular complexity index is 1340. The van der Waals surface area contributed by atoms with Gasteiger partial charge in [0, 0.05) is 29.1 Å². The molecule has 9 nitrogen and oxygen atoms in total. The Morgan fingerprint density at radius 1 is 1.21 bits per heavy atom. The fourth-order valence-corrected chi connectivity index (χ4v) is 3.90. The van der Waals surface area contributed by atoms with E-state index >= 15 is 0 Å². The standard InChI is InChI=1S/C22H22FN7O2S/c23-17-9-13(5-6-14(17)10-25-8-2-7-24)16-11-26-21(28-20(16)31)29-22(32)27-18-4-1-3-15-12-33-30-19(15)18/h1,3-6,9,11-12,25H,2,7-8,10,24H2,(H3,26,27,28,29,31,32). The van der Waals surface area contributed by atoms with Crippen molar-refractivity contribution in [3.05, 3.63) is 69.7 Å². The van der Waals surface area contributed by atoms with Crippen molar-refractivity contribution in [1.29, 1.82) is 0 Å². The lowest BCUT2D eigenvalue weighted by Crippen LogP contribution is -2.23. The first-order chi connectivity index (χ1) is 16.0. The maximum absolute atomic E-state index is 14.5. The van der Waals surface area contributed by atoms with Gasteiger partial charge in [-0.15, -0.1) is 0 Å². The van der Waals surface area contributed by atoms with Crippen LogP contribution in [0.2, 0.25) is 0 Å². The number of H-pyrrole nitrogens is 1. The summed E-state index contributed by atoms with van der Waals surface area (Å²) in [6, 6.07) is 9.42. The predicted octanol–water partition coefficient (Wildman–Crippen LogP) is 3.27. The van der Waals surface area contributed by atoms with Crippen LogP contribution in [0.15, 0.2) is 52.8 Å². The number of nitrogens with zero attached hydrogens (tertiary/aromatic N) is 2. The molecule has 4 rings (SSSR count). The molecule has 4 aromatic rings. The molecule has 0 aliphatic rings. The third-order valence-electron chi connectivity index (χ3n) is 4.91. The van der Waals surface area contributed by atoms with Gasteiger partial charge in [0.05, 0.1) is 11.3 Å². The Morgan fingerprint density at radius 2 is 2.09 bits per heavy atom. The molecule has 0 aliphatic heterocycles. The van der Waals surface area contributed by atoms with Crippen LogP contribution in [-0.2, 0) is 6.54 Å². The lowest BCUT2D eigenvalue weighted by Gasteiger charge is -2.09. The normalized spacial score (nSPS) is 11.0. The summed E-state index contributed by atoms with van der Waals surface area (Å²) < 4.78 is 18.7. The minimum Gasteiger partial charge on any atom is -0.331 e. The summed E-state index contributed by atoms with van der Waals surface area (Å²) in [6.45, 7) is 1.63. The molecule has 0 saturated carbocycles. The Kier molecular flexibility index (Phi) is 7.03. The molecule has 11 heteroatoms. The lowest BCUT2D eigenvalue weighted by molar-refractivity contribution is 0.262. The van der Waals surface area contributed by atoms with Gasteiger partial charge in [0.15, 0.2) is 0 Å². The fourth-order valence-electron chi connectivity index (χ4n) is 3.23. The zero-order chi connectivity index (χ0) is 23.2. The van der Waals surface area contributed by atoms with Gasteiger partial charge in [-0.1, -0.05) is 24.3 Å². The fraction of sp³-hybridized carbons (Fsp3) is 0.182. The number of hydrogen-bond donors (Lipinski definition) is 5. The largest absolute Gasteiger partial charge is 0.331 e. The molecule has 0 radical (unpaired) electrons. The number of anilines is 2. The number of nitrogens with one attached hydrogen (secondary N) is 4. The number of urea groups is 1. The molecule has 2 aromatic carbocycles. The first-order valence-corrected chi connectivity index (χ1v) is 11.1. The van der Waals surface area contributed by atoms with Crippen LogP contribution in [0.3, 0.4) is 0 Å². The van der Waals surface area contributed by atoms with Gasteiger partial charge < -0.3 is 21.4 Å². The van der Waals surface area contributed by atoms with Gasteiger partial charge in [0.1, 0.15) is 11.3 Å². The minimum absolute atomic E-state index is 0.0344. The van der Waals surface area contributed by atoms with Crippen LogP contribution >= 0.6 is 11.5 Å². The average Bonchev–Trinajstić information content (AvgIpc) is 3.28. The molecular formula is C22H22FN7O2S. The van der Waals surface area contributed by atoms with E-state index in [-0.39, 0.29) is 11.5 Å². The molecule has 0 saturated heterocycles.